The summed E-state index contributed by atoms with van der Waals surface area (Å²) in [5.74, 6) is 2.23. The monoisotopic (exact) mass is 206 g/mol. The van der Waals surface area contributed by atoms with Crippen LogP contribution in [0, 0.1) is 17.8 Å². The van der Waals surface area contributed by atoms with E-state index in [0.717, 1.165) is 0 Å². The molecule has 0 bridgehead atoms. The maximum Gasteiger partial charge on any atom is 0.222 e. The molecule has 0 aromatic heterocycles. The molecule has 0 aromatic rings. The van der Waals surface area contributed by atoms with Gasteiger partial charge in [0.2, 0.25) is 5.91 Å². The summed E-state index contributed by atoms with van der Waals surface area (Å²) in [7, 11) is 1.71. The van der Waals surface area contributed by atoms with Crippen LogP contribution < -0.4 is 10.6 Å². The van der Waals surface area contributed by atoms with Crippen molar-refractivity contribution in [2.24, 2.45) is 4.99 Å². The smallest absolute Gasteiger partial charge is 0.222 e. The van der Waals surface area contributed by atoms with Gasteiger partial charge in [-0.2, -0.15) is 0 Å². The Morgan fingerprint density at radius 1 is 1.53 bits per heavy atom. The molecule has 0 aliphatic rings. The van der Waals surface area contributed by atoms with E-state index in [4.69, 9.17) is 11.8 Å². The van der Waals surface area contributed by atoms with Gasteiger partial charge in [0.1, 0.15) is 5.71 Å². The highest BCUT2D eigenvalue weighted by Gasteiger charge is 2.01. The van der Waals surface area contributed by atoms with E-state index in [9.17, 15) is 4.79 Å². The fourth-order valence-corrected chi connectivity index (χ4v) is 0.674. The summed E-state index contributed by atoms with van der Waals surface area (Å²) < 4.78 is 0. The van der Waals surface area contributed by atoms with Crippen molar-refractivity contribution in [3.63, 3.8) is 0 Å². The van der Waals surface area contributed by atoms with Crippen molar-refractivity contribution in [1.82, 2.24) is 10.6 Å². The van der Waals surface area contributed by atoms with E-state index in [2.05, 4.69) is 21.5 Å². The zero-order chi connectivity index (χ0) is 11.8. The zero-order valence-corrected chi connectivity index (χ0v) is 9.01. The first-order valence-electron chi connectivity index (χ1n) is 4.26. The lowest BCUT2D eigenvalue weighted by atomic mass is 10.4. The van der Waals surface area contributed by atoms with Gasteiger partial charge in [0.25, 0.3) is 0 Å². The van der Waals surface area contributed by atoms with Gasteiger partial charge in [-0.25, -0.2) is 4.99 Å². The second-order valence-corrected chi connectivity index (χ2v) is 2.72. The van der Waals surface area contributed by atoms with Crippen molar-refractivity contribution in [3.8, 4) is 12.3 Å². The van der Waals surface area contributed by atoms with E-state index in [1.165, 1.54) is 13.1 Å². The first-order chi connectivity index (χ1) is 7.01. The third-order valence-corrected chi connectivity index (χ3v) is 1.50. The average molecular weight is 206 g/mol. The van der Waals surface area contributed by atoms with Gasteiger partial charge in [-0.1, -0.05) is 0 Å². The Morgan fingerprint density at radius 3 is 2.53 bits per heavy atom. The van der Waals surface area contributed by atoms with Crippen LogP contribution in [-0.4, -0.2) is 24.9 Å². The number of carbonyl (C=O) groups excluding carboxylic acids is 1. The molecule has 0 saturated heterocycles. The molecule has 1 amide bonds. The molecule has 0 heterocycles. The number of hydrogen-bond acceptors (Lipinski definition) is 4. The summed E-state index contributed by atoms with van der Waals surface area (Å²) in [5, 5.41) is 12.5. The van der Waals surface area contributed by atoms with Gasteiger partial charge in [0, 0.05) is 14.0 Å². The molecule has 0 aliphatic carbocycles. The lowest BCUT2D eigenvalue weighted by Crippen LogP contribution is -2.22. The topological polar surface area (TPSA) is 77.3 Å². The number of carbonyl (C=O) groups is 1. The molecule has 0 spiro atoms. The number of rotatable bonds is 4. The lowest BCUT2D eigenvalue weighted by Gasteiger charge is -2.07. The van der Waals surface area contributed by atoms with Crippen molar-refractivity contribution in [2.45, 2.75) is 13.8 Å². The summed E-state index contributed by atoms with van der Waals surface area (Å²) >= 11 is 0. The highest BCUT2D eigenvalue weighted by atomic mass is 16.1. The summed E-state index contributed by atoms with van der Waals surface area (Å²) in [6, 6.07) is 0. The highest BCUT2D eigenvalue weighted by Crippen LogP contribution is 1.97. The minimum atomic E-state index is -0.232. The third kappa shape index (κ3) is 5.26. The van der Waals surface area contributed by atoms with E-state index in [1.807, 2.05) is 0 Å². The van der Waals surface area contributed by atoms with Gasteiger partial charge in [-0.3, -0.25) is 10.2 Å². The number of terminal acetylenes is 1. The SMILES string of the molecule is C#CC(=N)/C=N\C(NC(C)=O)=C(/C)NC. The maximum atomic E-state index is 10.8. The molecule has 0 radical (unpaired) electrons. The van der Waals surface area contributed by atoms with Crippen LogP contribution in [0.15, 0.2) is 16.5 Å². The van der Waals surface area contributed by atoms with Crippen LogP contribution in [0.4, 0.5) is 0 Å². The third-order valence-electron chi connectivity index (χ3n) is 1.50. The van der Waals surface area contributed by atoms with Gasteiger partial charge in [-0.15, -0.1) is 6.42 Å². The molecule has 0 fully saturated rings. The molecule has 5 heteroatoms. The first kappa shape index (κ1) is 12.9. The predicted molar refractivity (Wildman–Crippen MR) is 60.6 cm³/mol. The number of nitrogens with one attached hydrogen (secondary N) is 3. The Balaban J connectivity index is 4.84. The van der Waals surface area contributed by atoms with Gasteiger partial charge in [0.15, 0.2) is 5.82 Å². The van der Waals surface area contributed by atoms with Gasteiger partial charge >= 0.3 is 0 Å². The van der Waals surface area contributed by atoms with E-state index < -0.39 is 0 Å². The van der Waals surface area contributed by atoms with Crippen LogP contribution in [0.3, 0.4) is 0 Å². The van der Waals surface area contributed by atoms with E-state index in [0.29, 0.717) is 11.5 Å². The van der Waals surface area contributed by atoms with Crippen LogP contribution >= 0.6 is 0 Å². The van der Waals surface area contributed by atoms with Crippen molar-refractivity contribution in [2.75, 3.05) is 7.05 Å². The molecular weight excluding hydrogens is 192 g/mol. The molecule has 0 unspecified atom stereocenters. The molecular formula is C10H14N4O. The van der Waals surface area contributed by atoms with E-state index >= 15 is 0 Å². The van der Waals surface area contributed by atoms with Crippen LogP contribution in [0.25, 0.3) is 0 Å². The summed E-state index contributed by atoms with van der Waals surface area (Å²) in [6.45, 7) is 3.13. The Hall–Kier alpha value is -2.09. The number of amides is 1. The highest BCUT2D eigenvalue weighted by molar-refractivity contribution is 6.37. The van der Waals surface area contributed by atoms with Crippen LogP contribution in [-0.2, 0) is 4.79 Å². The van der Waals surface area contributed by atoms with Crippen molar-refractivity contribution in [3.05, 3.63) is 11.5 Å². The lowest BCUT2D eigenvalue weighted by molar-refractivity contribution is -0.118. The molecule has 15 heavy (non-hydrogen) atoms. The largest absolute Gasteiger partial charge is 0.389 e. The van der Waals surface area contributed by atoms with E-state index in [-0.39, 0.29) is 11.6 Å². The molecule has 0 aliphatic heterocycles. The zero-order valence-electron chi connectivity index (χ0n) is 9.01. The van der Waals surface area contributed by atoms with Crippen LogP contribution in [0.2, 0.25) is 0 Å². The summed E-state index contributed by atoms with van der Waals surface area (Å²) in [6.07, 6.45) is 6.18. The standard InChI is InChI=1S/C10H14N4O/c1-5-9(11)6-13-10(7(2)12-4)14-8(3)15/h1,6,11-12H,2-4H3,(H,14,15)/b10-7-,11-9?,13-6-. The van der Waals surface area contributed by atoms with Crippen molar-refractivity contribution >= 4 is 17.8 Å². The second kappa shape index (κ2) is 6.38. The van der Waals surface area contributed by atoms with Crippen molar-refractivity contribution in [1.29, 1.82) is 5.41 Å². The molecule has 0 aromatic carbocycles. The molecule has 3 N–H and O–H groups in total. The average Bonchev–Trinajstić information content (AvgIpc) is 2.21. The number of hydrogen-bond donors (Lipinski definition) is 3. The molecule has 0 rings (SSSR count). The fourth-order valence-electron chi connectivity index (χ4n) is 0.674. The number of nitrogens with zero attached hydrogens (tertiary/aromatic N) is 1. The van der Waals surface area contributed by atoms with Crippen molar-refractivity contribution < 1.29 is 4.79 Å². The van der Waals surface area contributed by atoms with Gasteiger partial charge < -0.3 is 10.6 Å². The van der Waals surface area contributed by atoms with Gasteiger partial charge in [-0.05, 0) is 12.8 Å². The Morgan fingerprint density at radius 2 is 2.13 bits per heavy atom. The quantitative estimate of drug-likeness (QED) is 0.455. The first-order valence-corrected chi connectivity index (χ1v) is 4.26. The summed E-state index contributed by atoms with van der Waals surface area (Å²) in [4.78, 5) is 14.7. The normalized spacial score (nSPS) is 11.6. The van der Waals surface area contributed by atoms with Crippen LogP contribution in [0.5, 0.6) is 0 Å². The Bertz CT molecular complexity index is 360. The second-order valence-electron chi connectivity index (χ2n) is 2.72. The fraction of sp³-hybridized carbons (Fsp3) is 0.300. The molecule has 0 atom stereocenters. The number of aliphatic imine (C=N–C) groups is 1. The maximum absolute atomic E-state index is 10.8. The molecule has 5 nitrogen and oxygen atoms in total. The number of allylic oxidation sites excluding steroid dienone is 1. The summed E-state index contributed by atoms with van der Waals surface area (Å²) in [5.41, 5.74) is 0.632. The minimum Gasteiger partial charge on any atom is -0.389 e. The Labute approximate surface area is 89.2 Å². The van der Waals surface area contributed by atoms with Gasteiger partial charge in [0.05, 0.1) is 11.9 Å². The predicted octanol–water partition coefficient (Wildman–Crippen LogP) is 0.255. The van der Waals surface area contributed by atoms with Crippen LogP contribution in [0.1, 0.15) is 13.8 Å². The molecule has 80 valence electrons. The Kier molecular flexibility index (Phi) is 5.49. The minimum absolute atomic E-state index is 0.0539. The molecule has 0 saturated carbocycles. The van der Waals surface area contributed by atoms with E-state index in [1.54, 1.807) is 14.0 Å².